The highest BCUT2D eigenvalue weighted by Crippen LogP contribution is 2.45. The summed E-state index contributed by atoms with van der Waals surface area (Å²) in [6.45, 7) is 0.299. The average Bonchev–Trinajstić information content (AvgIpc) is 3.06. The number of aliphatic hydroxyl groups is 1. The lowest BCUT2D eigenvalue weighted by atomic mass is 9.88. The van der Waals surface area contributed by atoms with E-state index in [1.54, 1.807) is 0 Å². The number of hydrogen-bond acceptors (Lipinski definition) is 2. The van der Waals surface area contributed by atoms with E-state index in [1.165, 1.54) is 0 Å². The van der Waals surface area contributed by atoms with E-state index in [0.29, 0.717) is 12.5 Å². The summed E-state index contributed by atoms with van der Waals surface area (Å²) in [4.78, 5) is 3.15. The molecule has 4 N–H and O–H groups in total. The zero-order chi connectivity index (χ0) is 11.2. The van der Waals surface area contributed by atoms with E-state index in [4.69, 9.17) is 5.73 Å². The minimum atomic E-state index is -0.828. The normalized spacial score (nSPS) is 19.9. The zero-order valence-electron chi connectivity index (χ0n) is 9.11. The lowest BCUT2D eigenvalue weighted by Gasteiger charge is -2.27. The van der Waals surface area contributed by atoms with Gasteiger partial charge in [-0.05, 0) is 47.9 Å². The number of benzene rings is 1. The molecule has 1 aliphatic carbocycles. The van der Waals surface area contributed by atoms with E-state index in [-0.39, 0.29) is 0 Å². The first kappa shape index (κ1) is 9.87. The lowest BCUT2D eigenvalue weighted by molar-refractivity contribution is 0.0223. The van der Waals surface area contributed by atoms with Crippen LogP contribution in [0.5, 0.6) is 0 Å². The van der Waals surface area contributed by atoms with Gasteiger partial charge in [0.2, 0.25) is 0 Å². The highest BCUT2D eigenvalue weighted by molar-refractivity contribution is 5.80. The van der Waals surface area contributed by atoms with Crippen LogP contribution >= 0.6 is 0 Å². The maximum Gasteiger partial charge on any atom is 0.105 e. The SMILES string of the molecule is NCC(O)(c1ccc2[nH]ccc2c1)C1CC1. The van der Waals surface area contributed by atoms with E-state index in [2.05, 4.69) is 4.98 Å². The predicted molar refractivity (Wildman–Crippen MR) is 64.0 cm³/mol. The molecule has 0 saturated heterocycles. The van der Waals surface area contributed by atoms with Crippen LogP contribution in [-0.2, 0) is 5.60 Å². The molecule has 3 nitrogen and oxygen atoms in total. The van der Waals surface area contributed by atoms with Crippen LogP contribution in [0.3, 0.4) is 0 Å². The number of fused-ring (bicyclic) bond motifs is 1. The van der Waals surface area contributed by atoms with Crippen molar-refractivity contribution in [2.45, 2.75) is 18.4 Å². The van der Waals surface area contributed by atoms with Crippen LogP contribution in [0.1, 0.15) is 18.4 Å². The number of aromatic amines is 1. The number of hydrogen-bond donors (Lipinski definition) is 3. The fourth-order valence-electron chi connectivity index (χ4n) is 2.40. The van der Waals surface area contributed by atoms with Crippen molar-refractivity contribution in [1.29, 1.82) is 0 Å². The summed E-state index contributed by atoms with van der Waals surface area (Å²) in [5, 5.41) is 11.7. The van der Waals surface area contributed by atoms with Gasteiger partial charge >= 0.3 is 0 Å². The fraction of sp³-hybridized carbons (Fsp3) is 0.385. The molecule has 2 aromatic rings. The number of aromatic nitrogens is 1. The Hall–Kier alpha value is -1.32. The van der Waals surface area contributed by atoms with E-state index < -0.39 is 5.60 Å². The van der Waals surface area contributed by atoms with Gasteiger partial charge in [-0.15, -0.1) is 0 Å². The third-order valence-electron chi connectivity index (χ3n) is 3.62. The van der Waals surface area contributed by atoms with E-state index in [9.17, 15) is 5.11 Å². The molecule has 1 saturated carbocycles. The Morgan fingerprint density at radius 2 is 2.19 bits per heavy atom. The second-order valence-electron chi connectivity index (χ2n) is 4.68. The van der Waals surface area contributed by atoms with Crippen molar-refractivity contribution in [2.24, 2.45) is 11.7 Å². The van der Waals surface area contributed by atoms with Gasteiger partial charge in [-0.1, -0.05) is 6.07 Å². The summed E-state index contributed by atoms with van der Waals surface area (Å²) < 4.78 is 0. The Morgan fingerprint density at radius 1 is 1.38 bits per heavy atom. The standard InChI is InChI=1S/C13H16N2O/c14-8-13(16,10-1-2-10)11-3-4-12-9(7-11)5-6-15-12/h3-7,10,15-16H,1-2,8,14H2. The van der Waals surface area contributed by atoms with Crippen molar-refractivity contribution in [3.05, 3.63) is 36.0 Å². The van der Waals surface area contributed by atoms with Gasteiger partial charge in [0.1, 0.15) is 5.60 Å². The number of rotatable bonds is 3. The Balaban J connectivity index is 2.09. The summed E-state index contributed by atoms with van der Waals surface area (Å²) in [5.74, 6) is 0.342. The molecule has 1 aromatic carbocycles. The van der Waals surface area contributed by atoms with Crippen molar-refractivity contribution < 1.29 is 5.11 Å². The zero-order valence-corrected chi connectivity index (χ0v) is 9.11. The van der Waals surface area contributed by atoms with Gasteiger partial charge in [-0.3, -0.25) is 0 Å². The first-order valence-electron chi connectivity index (χ1n) is 5.74. The topological polar surface area (TPSA) is 62.0 Å². The summed E-state index contributed by atoms with van der Waals surface area (Å²) in [6.07, 6.45) is 4.07. The second kappa shape index (κ2) is 3.34. The molecule has 1 aromatic heterocycles. The quantitative estimate of drug-likeness (QED) is 0.731. The van der Waals surface area contributed by atoms with Gasteiger partial charge in [0.15, 0.2) is 0 Å². The summed E-state index contributed by atoms with van der Waals surface area (Å²) in [5.41, 5.74) is 6.96. The molecule has 16 heavy (non-hydrogen) atoms. The van der Waals surface area contributed by atoms with Crippen molar-refractivity contribution >= 4 is 10.9 Å². The van der Waals surface area contributed by atoms with Crippen LogP contribution in [-0.4, -0.2) is 16.6 Å². The van der Waals surface area contributed by atoms with Crippen LogP contribution in [0, 0.1) is 5.92 Å². The minimum Gasteiger partial charge on any atom is -0.384 e. The van der Waals surface area contributed by atoms with Gasteiger partial charge < -0.3 is 15.8 Å². The fourth-order valence-corrected chi connectivity index (χ4v) is 2.40. The van der Waals surface area contributed by atoms with E-state index in [1.807, 2.05) is 30.5 Å². The first-order chi connectivity index (χ1) is 7.74. The minimum absolute atomic E-state index is 0.299. The number of nitrogens with one attached hydrogen (secondary N) is 1. The summed E-state index contributed by atoms with van der Waals surface area (Å²) >= 11 is 0. The number of nitrogens with two attached hydrogens (primary N) is 1. The third-order valence-corrected chi connectivity index (χ3v) is 3.62. The predicted octanol–water partition coefficient (Wildman–Crippen LogP) is 1.72. The van der Waals surface area contributed by atoms with E-state index in [0.717, 1.165) is 29.3 Å². The Morgan fingerprint density at radius 3 is 2.88 bits per heavy atom. The molecule has 0 bridgehead atoms. The third kappa shape index (κ3) is 1.36. The van der Waals surface area contributed by atoms with Crippen molar-refractivity contribution in [3.8, 4) is 0 Å². The van der Waals surface area contributed by atoms with Crippen LogP contribution in [0.4, 0.5) is 0 Å². The smallest absolute Gasteiger partial charge is 0.105 e. The van der Waals surface area contributed by atoms with Gasteiger partial charge in [0, 0.05) is 18.3 Å². The molecule has 0 radical (unpaired) electrons. The largest absolute Gasteiger partial charge is 0.384 e. The molecule has 1 atom stereocenters. The summed E-state index contributed by atoms with van der Waals surface area (Å²) in [6, 6.07) is 8.04. The molecule has 0 spiro atoms. The van der Waals surface area contributed by atoms with Crippen LogP contribution in [0.2, 0.25) is 0 Å². The van der Waals surface area contributed by atoms with Crippen LogP contribution in [0.15, 0.2) is 30.5 Å². The van der Waals surface area contributed by atoms with Crippen LogP contribution < -0.4 is 5.73 Å². The molecule has 1 heterocycles. The van der Waals surface area contributed by atoms with Gasteiger partial charge in [-0.25, -0.2) is 0 Å². The molecule has 0 aliphatic heterocycles. The molecule has 3 rings (SSSR count). The maximum atomic E-state index is 10.6. The van der Waals surface area contributed by atoms with Crippen molar-refractivity contribution in [1.82, 2.24) is 4.98 Å². The van der Waals surface area contributed by atoms with Gasteiger partial charge in [0.25, 0.3) is 0 Å². The van der Waals surface area contributed by atoms with Crippen LogP contribution in [0.25, 0.3) is 10.9 Å². The highest BCUT2D eigenvalue weighted by Gasteiger charge is 2.44. The molecular weight excluding hydrogens is 200 g/mol. The Kier molecular flexibility index (Phi) is 2.06. The molecule has 0 amide bonds. The highest BCUT2D eigenvalue weighted by atomic mass is 16.3. The molecule has 84 valence electrons. The Bertz CT molecular complexity index is 515. The average molecular weight is 216 g/mol. The molecule has 1 aliphatic rings. The first-order valence-corrected chi connectivity index (χ1v) is 5.74. The maximum absolute atomic E-state index is 10.6. The Labute approximate surface area is 94.3 Å². The molecular formula is C13H16N2O. The monoisotopic (exact) mass is 216 g/mol. The van der Waals surface area contributed by atoms with E-state index >= 15 is 0 Å². The molecule has 1 fully saturated rings. The van der Waals surface area contributed by atoms with Gasteiger partial charge in [-0.2, -0.15) is 0 Å². The number of H-pyrrole nitrogens is 1. The van der Waals surface area contributed by atoms with Crippen molar-refractivity contribution in [2.75, 3.05) is 6.54 Å². The summed E-state index contributed by atoms with van der Waals surface area (Å²) in [7, 11) is 0. The lowest BCUT2D eigenvalue weighted by Crippen LogP contribution is -2.37. The second-order valence-corrected chi connectivity index (χ2v) is 4.68. The van der Waals surface area contributed by atoms with Gasteiger partial charge in [0.05, 0.1) is 0 Å². The van der Waals surface area contributed by atoms with Crippen molar-refractivity contribution in [3.63, 3.8) is 0 Å². The molecule has 3 heteroatoms. The molecule has 1 unspecified atom stereocenters.